The lowest BCUT2D eigenvalue weighted by Gasteiger charge is -2.17. The second-order valence-corrected chi connectivity index (χ2v) is 5.70. The van der Waals surface area contributed by atoms with E-state index in [-0.39, 0.29) is 11.3 Å². The zero-order valence-corrected chi connectivity index (χ0v) is 13.2. The van der Waals surface area contributed by atoms with Crippen LogP contribution in [-0.2, 0) is 0 Å². The van der Waals surface area contributed by atoms with Gasteiger partial charge in [-0.25, -0.2) is 9.97 Å². The van der Waals surface area contributed by atoms with Crippen LogP contribution < -0.4 is 10.6 Å². The van der Waals surface area contributed by atoms with Gasteiger partial charge < -0.3 is 10.6 Å². The molecule has 0 saturated carbocycles. The van der Waals surface area contributed by atoms with Crippen molar-refractivity contribution in [3.05, 3.63) is 65.1 Å². The van der Waals surface area contributed by atoms with E-state index in [9.17, 15) is 0 Å². The van der Waals surface area contributed by atoms with Crippen molar-refractivity contribution in [2.24, 2.45) is 5.73 Å². The molecule has 3 aromatic rings. The van der Waals surface area contributed by atoms with Crippen molar-refractivity contribution in [1.82, 2.24) is 9.97 Å². The maximum Gasteiger partial charge on any atom is 0.223 e. The Balaban J connectivity index is 2.06. The van der Waals surface area contributed by atoms with Crippen LogP contribution in [0.4, 0.5) is 5.69 Å². The molecule has 22 heavy (non-hydrogen) atoms. The number of nitrogens with zero attached hydrogens (tertiary/aromatic N) is 3. The number of hydrogen-bond donors (Lipinski definition) is 1. The molecule has 0 radical (unpaired) electrons. The minimum absolute atomic E-state index is 0.217. The van der Waals surface area contributed by atoms with E-state index in [1.807, 2.05) is 67.5 Å². The topological polar surface area (TPSA) is 55.0 Å². The Morgan fingerprint density at radius 1 is 1.00 bits per heavy atom. The molecule has 0 aliphatic heterocycles. The normalized spacial score (nSPS) is 12.4. The third kappa shape index (κ3) is 2.75. The van der Waals surface area contributed by atoms with Crippen molar-refractivity contribution in [1.29, 1.82) is 0 Å². The van der Waals surface area contributed by atoms with E-state index in [1.54, 1.807) is 0 Å². The van der Waals surface area contributed by atoms with Crippen LogP contribution in [0.2, 0.25) is 5.28 Å². The van der Waals surface area contributed by atoms with Crippen LogP contribution in [0.15, 0.2) is 48.5 Å². The molecule has 112 valence electrons. The zero-order chi connectivity index (χ0) is 15.7. The summed E-state index contributed by atoms with van der Waals surface area (Å²) in [6.45, 7) is 0. The number of benzene rings is 2. The summed E-state index contributed by atoms with van der Waals surface area (Å²) in [5.41, 5.74) is 10.1. The highest BCUT2D eigenvalue weighted by molar-refractivity contribution is 6.28. The Morgan fingerprint density at radius 2 is 1.68 bits per heavy atom. The molecule has 2 N–H and O–H groups in total. The van der Waals surface area contributed by atoms with Crippen LogP contribution >= 0.6 is 11.6 Å². The molecule has 0 fully saturated rings. The maximum absolute atomic E-state index is 6.41. The van der Waals surface area contributed by atoms with Crippen molar-refractivity contribution >= 4 is 28.2 Å². The Kier molecular flexibility index (Phi) is 3.96. The molecule has 1 unspecified atom stereocenters. The van der Waals surface area contributed by atoms with Gasteiger partial charge in [0.05, 0.1) is 17.3 Å². The Hall–Kier alpha value is -2.17. The Bertz CT molecular complexity index is 799. The lowest BCUT2D eigenvalue weighted by molar-refractivity contribution is 0.834. The molecule has 0 amide bonds. The predicted octanol–water partition coefficient (Wildman–Crippen LogP) is 3.40. The molecule has 3 rings (SSSR count). The van der Waals surface area contributed by atoms with Gasteiger partial charge in [-0.15, -0.1) is 0 Å². The molecule has 0 spiro atoms. The van der Waals surface area contributed by atoms with Crippen molar-refractivity contribution in [3.8, 4) is 0 Å². The molecular weight excluding hydrogens is 296 g/mol. The van der Waals surface area contributed by atoms with Gasteiger partial charge in [-0.05, 0) is 35.4 Å². The largest absolute Gasteiger partial charge is 0.378 e. The van der Waals surface area contributed by atoms with Crippen LogP contribution in [0.5, 0.6) is 0 Å². The standard InChI is InChI=1S/C17H17ClN4/c1-22(2)12-9-7-11(8-10-12)15(19)16-13-5-3-4-6-14(13)20-17(18)21-16/h3-10,15H,19H2,1-2H3. The van der Waals surface area contributed by atoms with Crippen LogP contribution in [0.3, 0.4) is 0 Å². The van der Waals surface area contributed by atoms with Crippen molar-refractivity contribution in [2.75, 3.05) is 19.0 Å². The third-order valence-electron chi connectivity index (χ3n) is 3.67. The third-order valence-corrected chi connectivity index (χ3v) is 3.84. The lowest BCUT2D eigenvalue weighted by Crippen LogP contribution is -2.15. The number of hydrogen-bond acceptors (Lipinski definition) is 4. The van der Waals surface area contributed by atoms with Gasteiger partial charge in [0.1, 0.15) is 0 Å². The summed E-state index contributed by atoms with van der Waals surface area (Å²) in [5.74, 6) is 0. The van der Waals surface area contributed by atoms with Gasteiger partial charge in [0.15, 0.2) is 0 Å². The average molecular weight is 313 g/mol. The number of nitrogens with two attached hydrogens (primary N) is 1. The second-order valence-electron chi connectivity index (χ2n) is 5.36. The van der Waals surface area contributed by atoms with E-state index in [1.165, 1.54) is 0 Å². The molecule has 0 aliphatic carbocycles. The lowest BCUT2D eigenvalue weighted by atomic mass is 10.0. The summed E-state index contributed by atoms with van der Waals surface area (Å²) in [7, 11) is 4.01. The molecule has 1 heterocycles. The highest BCUT2D eigenvalue weighted by atomic mass is 35.5. The number of halogens is 1. The summed E-state index contributed by atoms with van der Waals surface area (Å²) >= 11 is 6.04. The number of fused-ring (bicyclic) bond motifs is 1. The average Bonchev–Trinajstić information content (AvgIpc) is 2.53. The molecule has 0 aliphatic rings. The van der Waals surface area contributed by atoms with Crippen LogP contribution in [-0.4, -0.2) is 24.1 Å². The van der Waals surface area contributed by atoms with Crippen LogP contribution in [0, 0.1) is 0 Å². The van der Waals surface area contributed by atoms with Crippen LogP contribution in [0.1, 0.15) is 17.3 Å². The van der Waals surface area contributed by atoms with Crippen molar-refractivity contribution in [2.45, 2.75) is 6.04 Å². The zero-order valence-electron chi connectivity index (χ0n) is 12.5. The molecule has 0 bridgehead atoms. The fourth-order valence-electron chi connectivity index (χ4n) is 2.45. The van der Waals surface area contributed by atoms with Crippen LogP contribution in [0.25, 0.3) is 10.9 Å². The smallest absolute Gasteiger partial charge is 0.223 e. The van der Waals surface area contributed by atoms with E-state index >= 15 is 0 Å². The van der Waals surface area contributed by atoms with Crippen molar-refractivity contribution in [3.63, 3.8) is 0 Å². The van der Waals surface area contributed by atoms with Gasteiger partial charge in [-0.3, -0.25) is 0 Å². The van der Waals surface area contributed by atoms with Gasteiger partial charge in [0.25, 0.3) is 0 Å². The molecule has 5 heteroatoms. The maximum atomic E-state index is 6.41. The number of anilines is 1. The Morgan fingerprint density at radius 3 is 2.36 bits per heavy atom. The molecular formula is C17H17ClN4. The minimum atomic E-state index is -0.346. The molecule has 2 aromatic carbocycles. The minimum Gasteiger partial charge on any atom is -0.378 e. The van der Waals surface area contributed by atoms with E-state index in [0.29, 0.717) is 0 Å². The van der Waals surface area contributed by atoms with Gasteiger partial charge >= 0.3 is 0 Å². The molecule has 1 aromatic heterocycles. The SMILES string of the molecule is CN(C)c1ccc(C(N)c2nc(Cl)nc3ccccc23)cc1. The Labute approximate surface area is 134 Å². The quantitative estimate of drug-likeness (QED) is 0.753. The van der Waals surface area contributed by atoms with Gasteiger partial charge in [-0.1, -0.05) is 30.3 Å². The van der Waals surface area contributed by atoms with E-state index in [4.69, 9.17) is 17.3 Å². The first-order valence-electron chi connectivity index (χ1n) is 7.01. The molecule has 0 saturated heterocycles. The first-order valence-corrected chi connectivity index (χ1v) is 7.39. The van der Waals surface area contributed by atoms with Gasteiger partial charge in [0, 0.05) is 25.2 Å². The number of para-hydroxylation sites is 1. The fourth-order valence-corrected chi connectivity index (χ4v) is 2.63. The fraction of sp³-hybridized carbons (Fsp3) is 0.176. The van der Waals surface area contributed by atoms with E-state index < -0.39 is 0 Å². The monoisotopic (exact) mass is 312 g/mol. The second kappa shape index (κ2) is 5.91. The van der Waals surface area contributed by atoms with E-state index in [2.05, 4.69) is 9.97 Å². The summed E-state index contributed by atoms with van der Waals surface area (Å²) in [5, 5.41) is 1.14. The summed E-state index contributed by atoms with van der Waals surface area (Å²) in [6, 6.07) is 15.5. The number of rotatable bonds is 3. The predicted molar refractivity (Wildman–Crippen MR) is 91.3 cm³/mol. The summed E-state index contributed by atoms with van der Waals surface area (Å²) in [4.78, 5) is 10.6. The molecule has 4 nitrogen and oxygen atoms in total. The van der Waals surface area contributed by atoms with Crippen molar-refractivity contribution < 1.29 is 0 Å². The van der Waals surface area contributed by atoms with Gasteiger partial charge in [0.2, 0.25) is 5.28 Å². The first-order chi connectivity index (χ1) is 10.6. The number of aromatic nitrogens is 2. The van der Waals surface area contributed by atoms with Gasteiger partial charge in [-0.2, -0.15) is 0 Å². The molecule has 1 atom stereocenters. The first kappa shape index (κ1) is 14.8. The summed E-state index contributed by atoms with van der Waals surface area (Å²) < 4.78 is 0. The summed E-state index contributed by atoms with van der Waals surface area (Å²) in [6.07, 6.45) is 0. The highest BCUT2D eigenvalue weighted by Crippen LogP contribution is 2.27. The highest BCUT2D eigenvalue weighted by Gasteiger charge is 2.16. The van der Waals surface area contributed by atoms with E-state index in [0.717, 1.165) is 27.8 Å².